The highest BCUT2D eigenvalue weighted by atomic mass is 79.9. The molecule has 0 spiro atoms. The number of para-hydroxylation sites is 2. The van der Waals surface area contributed by atoms with Crippen LogP contribution in [0.15, 0.2) is 86.0 Å². The third kappa shape index (κ3) is 12.8. The van der Waals surface area contributed by atoms with Crippen molar-refractivity contribution < 1.29 is 9.84 Å². The Labute approximate surface area is 135 Å². The lowest BCUT2D eigenvalue weighted by Crippen LogP contribution is -1.91. The zero-order chi connectivity index (χ0) is 15.8. The summed E-state index contributed by atoms with van der Waals surface area (Å²) in [7, 11) is 0. The second-order valence-electron chi connectivity index (χ2n) is 3.69. The average molecular weight is 349 g/mol. The maximum absolute atomic E-state index is 8.63. The average Bonchev–Trinajstić information content (AvgIpc) is 2.55. The summed E-state index contributed by atoms with van der Waals surface area (Å²) in [4.78, 5) is 0. The smallest absolute Gasteiger partial charge is 0.119 e. The van der Waals surface area contributed by atoms with Gasteiger partial charge < -0.3 is 9.84 Å². The van der Waals surface area contributed by atoms with Gasteiger partial charge in [-0.1, -0.05) is 71.1 Å². The van der Waals surface area contributed by atoms with Gasteiger partial charge in [-0.25, -0.2) is 0 Å². The lowest BCUT2D eigenvalue weighted by atomic mass is 10.3. The van der Waals surface area contributed by atoms with Crippen LogP contribution in [0, 0.1) is 0 Å². The molecule has 3 heteroatoms. The fraction of sp³-hybridized carbons (Fsp3) is 0.111. The molecule has 0 atom stereocenters. The number of phenolic OH excluding ortho intramolecular Hbond substituents is 1. The van der Waals surface area contributed by atoms with E-state index in [1.807, 2.05) is 36.4 Å². The number of allylic oxidation sites excluding steroid dienone is 1. The lowest BCUT2D eigenvalue weighted by molar-refractivity contribution is 0.363. The lowest BCUT2D eigenvalue weighted by Gasteiger charge is -1.99. The van der Waals surface area contributed by atoms with Gasteiger partial charge in [-0.15, -0.1) is 6.58 Å². The van der Waals surface area contributed by atoms with Gasteiger partial charge in [0.2, 0.25) is 0 Å². The first-order chi connectivity index (χ1) is 10.2. The van der Waals surface area contributed by atoms with E-state index in [-0.39, 0.29) is 0 Å². The van der Waals surface area contributed by atoms with Crippen LogP contribution in [0.2, 0.25) is 0 Å². The van der Waals surface area contributed by atoms with Crippen LogP contribution < -0.4 is 4.74 Å². The first-order valence-corrected chi connectivity index (χ1v) is 7.56. The van der Waals surface area contributed by atoms with E-state index in [2.05, 4.69) is 29.1 Å². The highest BCUT2D eigenvalue weighted by Gasteiger charge is 1.85. The van der Waals surface area contributed by atoms with Gasteiger partial charge in [0.25, 0.3) is 0 Å². The molecular weight excluding hydrogens is 328 g/mol. The van der Waals surface area contributed by atoms with Crippen LogP contribution in [0.5, 0.6) is 11.5 Å². The van der Waals surface area contributed by atoms with Crippen LogP contribution in [0.3, 0.4) is 0 Å². The van der Waals surface area contributed by atoms with Crippen LogP contribution in [0.4, 0.5) is 0 Å². The standard InChI is InChI=1S/C9H10O.C6H6O.C3H5Br/c1-2-8-10-9-6-4-3-5-7-9;7-6-4-2-1-3-5-6;1-2-3-4/h2-7H,1,8H2;1-5,7H;2H,1,3H2. The number of rotatable bonds is 4. The van der Waals surface area contributed by atoms with E-state index < -0.39 is 0 Å². The molecule has 0 amide bonds. The number of phenols is 1. The van der Waals surface area contributed by atoms with E-state index >= 15 is 0 Å². The van der Waals surface area contributed by atoms with Gasteiger partial charge in [-0.3, -0.25) is 0 Å². The zero-order valence-electron chi connectivity index (χ0n) is 12.0. The maximum Gasteiger partial charge on any atom is 0.119 e. The molecule has 0 aliphatic rings. The Bertz CT molecular complexity index is 469. The number of hydrogen-bond donors (Lipinski definition) is 1. The van der Waals surface area contributed by atoms with Gasteiger partial charge in [0.15, 0.2) is 0 Å². The third-order valence-electron chi connectivity index (χ3n) is 1.98. The molecule has 0 radical (unpaired) electrons. The number of hydrogen-bond acceptors (Lipinski definition) is 2. The second kappa shape index (κ2) is 14.4. The minimum Gasteiger partial charge on any atom is -0.508 e. The quantitative estimate of drug-likeness (QED) is 0.606. The Hall–Kier alpha value is -2.00. The van der Waals surface area contributed by atoms with Gasteiger partial charge in [0.05, 0.1) is 0 Å². The Kier molecular flexibility index (Phi) is 13.0. The summed E-state index contributed by atoms with van der Waals surface area (Å²) in [5.74, 6) is 1.21. The largest absolute Gasteiger partial charge is 0.508 e. The molecule has 0 aliphatic carbocycles. The van der Waals surface area contributed by atoms with Crippen molar-refractivity contribution in [2.45, 2.75) is 0 Å². The first-order valence-electron chi connectivity index (χ1n) is 6.44. The number of benzene rings is 2. The van der Waals surface area contributed by atoms with E-state index in [9.17, 15) is 0 Å². The fourth-order valence-corrected chi connectivity index (χ4v) is 1.10. The molecule has 2 nitrogen and oxygen atoms in total. The predicted octanol–water partition coefficient (Wildman–Crippen LogP) is 5.21. The second-order valence-corrected chi connectivity index (χ2v) is 4.34. The van der Waals surface area contributed by atoms with Gasteiger partial charge in [0.1, 0.15) is 18.1 Å². The summed E-state index contributed by atoms with van der Waals surface area (Å²) >= 11 is 3.13. The van der Waals surface area contributed by atoms with Crippen molar-refractivity contribution in [1.82, 2.24) is 0 Å². The summed E-state index contributed by atoms with van der Waals surface area (Å²) in [6.07, 6.45) is 3.52. The van der Waals surface area contributed by atoms with Gasteiger partial charge >= 0.3 is 0 Å². The summed E-state index contributed by atoms with van der Waals surface area (Å²) in [5.41, 5.74) is 0. The molecule has 0 aromatic heterocycles. The van der Waals surface area contributed by atoms with Crippen LogP contribution in [-0.2, 0) is 0 Å². The van der Waals surface area contributed by atoms with Crippen molar-refractivity contribution >= 4 is 15.9 Å². The van der Waals surface area contributed by atoms with Crippen molar-refractivity contribution in [3.05, 3.63) is 86.0 Å². The van der Waals surface area contributed by atoms with E-state index in [0.717, 1.165) is 11.1 Å². The molecular formula is C18H21BrO2. The van der Waals surface area contributed by atoms with Gasteiger partial charge in [-0.05, 0) is 24.3 Å². The van der Waals surface area contributed by atoms with E-state index in [1.165, 1.54) is 0 Å². The summed E-state index contributed by atoms with van der Waals surface area (Å²) in [5, 5.41) is 9.53. The molecule has 0 saturated heterocycles. The Morgan fingerprint density at radius 1 is 0.905 bits per heavy atom. The molecule has 0 saturated carbocycles. The Morgan fingerprint density at radius 2 is 1.38 bits per heavy atom. The first kappa shape index (κ1) is 19.0. The van der Waals surface area contributed by atoms with E-state index in [4.69, 9.17) is 9.84 Å². The normalized spacial score (nSPS) is 8.24. The molecule has 0 heterocycles. The zero-order valence-corrected chi connectivity index (χ0v) is 13.6. The summed E-state index contributed by atoms with van der Waals surface area (Å²) < 4.78 is 5.24. The molecule has 21 heavy (non-hydrogen) atoms. The van der Waals surface area contributed by atoms with Crippen molar-refractivity contribution in [2.75, 3.05) is 11.9 Å². The molecule has 2 aromatic carbocycles. The van der Waals surface area contributed by atoms with Crippen LogP contribution in [0.25, 0.3) is 0 Å². The SMILES string of the molecule is C=CCBr.C=CCOc1ccccc1.Oc1ccccc1. The minimum atomic E-state index is 0.322. The van der Waals surface area contributed by atoms with Crippen LogP contribution >= 0.6 is 15.9 Å². The van der Waals surface area contributed by atoms with E-state index in [0.29, 0.717) is 12.4 Å². The number of halogens is 1. The van der Waals surface area contributed by atoms with E-state index in [1.54, 1.807) is 36.4 Å². The van der Waals surface area contributed by atoms with Gasteiger partial charge in [0, 0.05) is 5.33 Å². The van der Waals surface area contributed by atoms with Crippen molar-refractivity contribution in [2.24, 2.45) is 0 Å². The number of alkyl halides is 1. The topological polar surface area (TPSA) is 29.5 Å². The van der Waals surface area contributed by atoms with Crippen molar-refractivity contribution in [3.8, 4) is 11.5 Å². The number of aromatic hydroxyl groups is 1. The Morgan fingerprint density at radius 3 is 1.71 bits per heavy atom. The predicted molar refractivity (Wildman–Crippen MR) is 94.2 cm³/mol. The fourth-order valence-electron chi connectivity index (χ4n) is 1.10. The molecule has 0 bridgehead atoms. The third-order valence-corrected chi connectivity index (χ3v) is 2.43. The summed E-state index contributed by atoms with van der Waals surface area (Å²) in [6.45, 7) is 7.56. The molecule has 0 aliphatic heterocycles. The molecule has 1 N–H and O–H groups in total. The summed E-state index contributed by atoms with van der Waals surface area (Å²) in [6, 6.07) is 18.4. The van der Waals surface area contributed by atoms with Crippen molar-refractivity contribution in [3.63, 3.8) is 0 Å². The molecule has 2 aromatic rings. The Balaban J connectivity index is 0.000000317. The van der Waals surface area contributed by atoms with Gasteiger partial charge in [-0.2, -0.15) is 0 Å². The number of ether oxygens (including phenoxy) is 1. The van der Waals surface area contributed by atoms with Crippen molar-refractivity contribution in [1.29, 1.82) is 0 Å². The monoisotopic (exact) mass is 348 g/mol. The highest BCUT2D eigenvalue weighted by molar-refractivity contribution is 9.09. The molecule has 0 unspecified atom stereocenters. The molecule has 2 rings (SSSR count). The molecule has 0 fully saturated rings. The van der Waals surface area contributed by atoms with Crippen LogP contribution in [-0.4, -0.2) is 17.0 Å². The highest BCUT2D eigenvalue weighted by Crippen LogP contribution is 2.07. The van der Waals surface area contributed by atoms with Crippen LogP contribution in [0.1, 0.15) is 0 Å². The molecule has 112 valence electrons. The minimum absolute atomic E-state index is 0.322. The maximum atomic E-state index is 8.63.